The summed E-state index contributed by atoms with van der Waals surface area (Å²) >= 11 is 5.87. The van der Waals surface area contributed by atoms with Crippen LogP contribution in [0.15, 0.2) is 18.2 Å². The van der Waals surface area contributed by atoms with Crippen LogP contribution in [-0.2, 0) is 4.79 Å². The van der Waals surface area contributed by atoms with Crippen molar-refractivity contribution < 1.29 is 14.7 Å². The van der Waals surface area contributed by atoms with Crippen LogP contribution in [-0.4, -0.2) is 29.4 Å². The third-order valence-corrected chi connectivity index (χ3v) is 2.71. The van der Waals surface area contributed by atoms with Crippen molar-refractivity contribution in [2.24, 2.45) is 0 Å². The number of Topliss-reactive ketones (excluding diaryl/α,β-unsaturated/α-hetero) is 1. The number of hydrogen-bond acceptors (Lipinski definition) is 3. The molecule has 1 amide bonds. The number of carbonyl (C=O) groups is 2. The Morgan fingerprint density at radius 2 is 2.12 bits per heavy atom. The highest BCUT2D eigenvalue weighted by Crippen LogP contribution is 2.33. The maximum absolute atomic E-state index is 11.7. The number of halogens is 1. The van der Waals surface area contributed by atoms with Crippen LogP contribution in [0.2, 0.25) is 5.02 Å². The van der Waals surface area contributed by atoms with E-state index in [-0.39, 0.29) is 17.1 Å². The molecule has 1 heterocycles. The number of hydrogen-bond donors (Lipinski definition) is 1. The van der Waals surface area contributed by atoms with Gasteiger partial charge >= 0.3 is 0 Å². The molecule has 2 rings (SSSR count). The molecule has 1 aromatic rings. The molecule has 0 fully saturated rings. The standard InChI is InChI=1S/C11H10ClNO3/c1-6(14)5-13-8-4-2-3-7(12)9(8)10(15)11(13)16/h2-4,6,14H,5H2,1H3. The maximum Gasteiger partial charge on any atom is 0.299 e. The van der Waals surface area contributed by atoms with E-state index < -0.39 is 17.8 Å². The van der Waals surface area contributed by atoms with Crippen LogP contribution >= 0.6 is 11.6 Å². The highest BCUT2D eigenvalue weighted by Gasteiger charge is 2.37. The highest BCUT2D eigenvalue weighted by atomic mass is 35.5. The molecule has 0 aliphatic carbocycles. The van der Waals surface area contributed by atoms with Crippen LogP contribution < -0.4 is 4.90 Å². The van der Waals surface area contributed by atoms with Gasteiger partial charge < -0.3 is 10.0 Å². The lowest BCUT2D eigenvalue weighted by atomic mass is 10.1. The van der Waals surface area contributed by atoms with Crippen molar-refractivity contribution in [1.29, 1.82) is 0 Å². The fraction of sp³-hybridized carbons (Fsp3) is 0.273. The largest absolute Gasteiger partial charge is 0.392 e. The maximum atomic E-state index is 11.7. The van der Waals surface area contributed by atoms with Crippen LogP contribution in [0.25, 0.3) is 0 Å². The van der Waals surface area contributed by atoms with Crippen LogP contribution in [0.3, 0.4) is 0 Å². The molecular formula is C11H10ClNO3. The zero-order valence-corrected chi connectivity index (χ0v) is 9.36. The van der Waals surface area contributed by atoms with E-state index in [1.807, 2.05) is 0 Å². The summed E-state index contributed by atoms with van der Waals surface area (Å²) in [6.07, 6.45) is -0.693. The topological polar surface area (TPSA) is 57.6 Å². The number of rotatable bonds is 2. The SMILES string of the molecule is CC(O)CN1C(=O)C(=O)c2c(Cl)cccc21. The molecule has 0 bridgehead atoms. The molecular weight excluding hydrogens is 230 g/mol. The number of anilines is 1. The molecule has 5 heteroatoms. The van der Waals surface area contributed by atoms with Crippen molar-refractivity contribution in [3.63, 3.8) is 0 Å². The number of aliphatic hydroxyl groups excluding tert-OH is 1. The second-order valence-corrected chi connectivity index (χ2v) is 4.14. The first kappa shape index (κ1) is 11.1. The number of nitrogens with zero attached hydrogens (tertiary/aromatic N) is 1. The highest BCUT2D eigenvalue weighted by molar-refractivity contribution is 6.55. The lowest BCUT2D eigenvalue weighted by Crippen LogP contribution is -2.35. The molecule has 1 aliphatic rings. The number of fused-ring (bicyclic) bond motifs is 1. The summed E-state index contributed by atoms with van der Waals surface area (Å²) in [5.74, 6) is -1.25. The smallest absolute Gasteiger partial charge is 0.299 e. The first-order chi connectivity index (χ1) is 7.52. The summed E-state index contributed by atoms with van der Waals surface area (Å²) in [4.78, 5) is 24.6. The summed E-state index contributed by atoms with van der Waals surface area (Å²) in [6, 6.07) is 4.88. The Labute approximate surface area is 97.4 Å². The number of amides is 1. The third kappa shape index (κ3) is 1.60. The van der Waals surface area contributed by atoms with Gasteiger partial charge in [0, 0.05) is 0 Å². The third-order valence-electron chi connectivity index (χ3n) is 2.40. The van der Waals surface area contributed by atoms with Gasteiger partial charge in [0.1, 0.15) is 0 Å². The van der Waals surface area contributed by atoms with E-state index in [0.717, 1.165) is 0 Å². The predicted octanol–water partition coefficient (Wildman–Crippen LogP) is 1.25. The van der Waals surface area contributed by atoms with E-state index in [4.69, 9.17) is 11.6 Å². The van der Waals surface area contributed by atoms with Crippen LogP contribution in [0.5, 0.6) is 0 Å². The predicted molar refractivity (Wildman–Crippen MR) is 59.8 cm³/mol. The Morgan fingerprint density at radius 3 is 2.75 bits per heavy atom. The Morgan fingerprint density at radius 1 is 1.44 bits per heavy atom. The van der Waals surface area contributed by atoms with E-state index in [1.165, 1.54) is 4.90 Å². The second-order valence-electron chi connectivity index (χ2n) is 3.73. The van der Waals surface area contributed by atoms with Gasteiger partial charge in [0.2, 0.25) is 0 Å². The molecule has 1 aromatic carbocycles. The monoisotopic (exact) mass is 239 g/mol. The fourth-order valence-corrected chi connectivity index (χ4v) is 2.00. The van der Waals surface area contributed by atoms with Gasteiger partial charge in [0.05, 0.1) is 28.9 Å². The number of benzene rings is 1. The zero-order valence-electron chi connectivity index (χ0n) is 8.61. The molecule has 1 unspecified atom stereocenters. The summed E-state index contributed by atoms with van der Waals surface area (Å²) in [6.45, 7) is 1.65. The van der Waals surface area contributed by atoms with Gasteiger partial charge in [0.15, 0.2) is 0 Å². The van der Waals surface area contributed by atoms with Crippen molar-refractivity contribution >= 4 is 29.0 Å². The Kier molecular flexibility index (Phi) is 2.69. The molecule has 0 aromatic heterocycles. The molecule has 0 spiro atoms. The van der Waals surface area contributed by atoms with Gasteiger partial charge in [-0.25, -0.2) is 0 Å². The number of aliphatic hydroxyl groups is 1. The van der Waals surface area contributed by atoms with Crippen molar-refractivity contribution in [3.05, 3.63) is 28.8 Å². The van der Waals surface area contributed by atoms with Crippen LogP contribution in [0, 0.1) is 0 Å². The normalized spacial score (nSPS) is 16.6. The minimum atomic E-state index is -0.693. The fourth-order valence-electron chi connectivity index (χ4n) is 1.75. The Balaban J connectivity index is 2.50. The molecule has 1 N–H and O–H groups in total. The summed E-state index contributed by atoms with van der Waals surface area (Å²) in [7, 11) is 0. The van der Waals surface area contributed by atoms with Gasteiger partial charge in [-0.2, -0.15) is 0 Å². The van der Waals surface area contributed by atoms with E-state index in [1.54, 1.807) is 25.1 Å². The molecule has 84 valence electrons. The van der Waals surface area contributed by atoms with Gasteiger partial charge in [-0.3, -0.25) is 9.59 Å². The first-order valence-electron chi connectivity index (χ1n) is 4.85. The number of carbonyl (C=O) groups excluding carboxylic acids is 2. The Hall–Kier alpha value is -1.39. The minimum absolute atomic E-state index is 0.0952. The zero-order chi connectivity index (χ0) is 11.9. The van der Waals surface area contributed by atoms with E-state index in [0.29, 0.717) is 5.69 Å². The number of ketones is 1. The van der Waals surface area contributed by atoms with E-state index in [2.05, 4.69) is 0 Å². The van der Waals surface area contributed by atoms with Crippen LogP contribution in [0.4, 0.5) is 5.69 Å². The lowest BCUT2D eigenvalue weighted by Gasteiger charge is -2.17. The number of β-amino-alcohol motifs (C(OH)–C–C–N with tert-alkyl or cyclic N) is 1. The van der Waals surface area contributed by atoms with Crippen LogP contribution in [0.1, 0.15) is 17.3 Å². The Bertz CT molecular complexity index is 470. The molecule has 0 radical (unpaired) electrons. The average Bonchev–Trinajstić information content (AvgIpc) is 2.44. The summed E-state index contributed by atoms with van der Waals surface area (Å²) in [5, 5.41) is 9.54. The quantitative estimate of drug-likeness (QED) is 0.791. The molecule has 0 saturated heterocycles. The van der Waals surface area contributed by atoms with Crippen molar-refractivity contribution in [1.82, 2.24) is 0 Å². The molecule has 16 heavy (non-hydrogen) atoms. The van der Waals surface area contributed by atoms with E-state index in [9.17, 15) is 14.7 Å². The van der Waals surface area contributed by atoms with Gasteiger partial charge in [-0.15, -0.1) is 0 Å². The molecule has 1 aliphatic heterocycles. The molecule has 0 saturated carbocycles. The summed E-state index contributed by atoms with van der Waals surface area (Å²) < 4.78 is 0. The van der Waals surface area contributed by atoms with Gasteiger partial charge in [-0.05, 0) is 19.1 Å². The van der Waals surface area contributed by atoms with Crippen molar-refractivity contribution in [2.45, 2.75) is 13.0 Å². The summed E-state index contributed by atoms with van der Waals surface area (Å²) in [5.41, 5.74) is 0.707. The average molecular weight is 240 g/mol. The molecule has 1 atom stereocenters. The van der Waals surface area contributed by atoms with Gasteiger partial charge in [-0.1, -0.05) is 17.7 Å². The van der Waals surface area contributed by atoms with Crippen molar-refractivity contribution in [3.8, 4) is 0 Å². The minimum Gasteiger partial charge on any atom is -0.392 e. The first-order valence-corrected chi connectivity index (χ1v) is 5.23. The van der Waals surface area contributed by atoms with E-state index >= 15 is 0 Å². The molecule has 4 nitrogen and oxygen atoms in total. The second kappa shape index (κ2) is 3.88. The van der Waals surface area contributed by atoms with Gasteiger partial charge in [0.25, 0.3) is 11.7 Å². The van der Waals surface area contributed by atoms with Crippen molar-refractivity contribution in [2.75, 3.05) is 11.4 Å². The lowest BCUT2D eigenvalue weighted by molar-refractivity contribution is -0.114.